The summed E-state index contributed by atoms with van der Waals surface area (Å²) in [6.45, 7) is 0.711. The Morgan fingerprint density at radius 1 is 1.16 bits per heavy atom. The van der Waals surface area contributed by atoms with Crippen molar-refractivity contribution in [3.63, 3.8) is 0 Å². The van der Waals surface area contributed by atoms with Crippen molar-refractivity contribution < 1.29 is 9.47 Å². The highest BCUT2D eigenvalue weighted by atomic mass is 16.7. The molecule has 0 aliphatic carbocycles. The number of anilines is 3. The van der Waals surface area contributed by atoms with Gasteiger partial charge in [0.05, 0.1) is 12.1 Å². The first kappa shape index (κ1) is 16.1. The van der Waals surface area contributed by atoms with Gasteiger partial charge in [0, 0.05) is 6.54 Å². The fraction of sp³-hybridized carbons (Fsp3) is 0.250. The monoisotopic (exact) mass is 337 g/mol. The molecule has 1 aliphatic rings. The van der Waals surface area contributed by atoms with Gasteiger partial charge in [0.15, 0.2) is 23.1 Å². The van der Waals surface area contributed by atoms with Crippen LogP contribution in [-0.4, -0.2) is 29.9 Å². The van der Waals surface area contributed by atoms with Gasteiger partial charge in [-0.2, -0.15) is 10.5 Å². The number of hydrogen-bond acceptors (Lipinski definition) is 9. The van der Waals surface area contributed by atoms with Crippen molar-refractivity contribution in [3.05, 3.63) is 30.1 Å². The van der Waals surface area contributed by atoms with Crippen LogP contribution in [0.3, 0.4) is 0 Å². The van der Waals surface area contributed by atoms with Gasteiger partial charge in [0.1, 0.15) is 25.1 Å². The van der Waals surface area contributed by atoms with E-state index >= 15 is 0 Å². The summed E-state index contributed by atoms with van der Waals surface area (Å²) >= 11 is 0. The van der Waals surface area contributed by atoms with Crippen LogP contribution in [0.5, 0.6) is 11.5 Å². The van der Waals surface area contributed by atoms with Crippen molar-refractivity contribution in [2.24, 2.45) is 0 Å². The molecule has 0 bridgehead atoms. The van der Waals surface area contributed by atoms with Crippen LogP contribution in [0.4, 0.5) is 17.3 Å². The van der Waals surface area contributed by atoms with Gasteiger partial charge in [0.25, 0.3) is 0 Å². The normalized spacial score (nSPS) is 11.4. The largest absolute Gasteiger partial charge is 0.454 e. The first-order valence-corrected chi connectivity index (χ1v) is 7.44. The molecule has 2 heterocycles. The minimum absolute atomic E-state index is 0.0103. The van der Waals surface area contributed by atoms with Gasteiger partial charge < -0.3 is 25.4 Å². The third-order valence-electron chi connectivity index (χ3n) is 3.58. The molecular weight excluding hydrogens is 322 g/mol. The highest BCUT2D eigenvalue weighted by Gasteiger charge is 2.16. The molecule has 0 atom stereocenters. The van der Waals surface area contributed by atoms with E-state index < -0.39 is 0 Å². The minimum Gasteiger partial charge on any atom is -0.454 e. The van der Waals surface area contributed by atoms with E-state index in [1.165, 1.54) is 11.2 Å². The number of benzene rings is 1. The van der Waals surface area contributed by atoms with Gasteiger partial charge in [-0.15, -0.1) is 0 Å². The lowest BCUT2D eigenvalue weighted by molar-refractivity contribution is 0.174. The number of ether oxygens (including phenoxy) is 2. The predicted octanol–water partition coefficient (Wildman–Crippen LogP) is 1.25. The number of nitrogen functional groups attached to an aromatic ring is 1. The summed E-state index contributed by atoms with van der Waals surface area (Å²) in [4.78, 5) is 9.71. The molecule has 2 aromatic rings. The molecule has 1 aromatic heterocycles. The zero-order valence-corrected chi connectivity index (χ0v) is 13.3. The molecule has 3 N–H and O–H groups in total. The molecule has 0 saturated carbocycles. The maximum Gasteiger partial charge on any atom is 0.231 e. The van der Waals surface area contributed by atoms with E-state index in [0.29, 0.717) is 23.9 Å². The summed E-state index contributed by atoms with van der Waals surface area (Å²) in [5, 5.41) is 20.9. The zero-order valence-electron chi connectivity index (χ0n) is 13.3. The number of nitrogens with two attached hydrogens (primary N) is 1. The summed E-state index contributed by atoms with van der Waals surface area (Å²) in [6, 6.07) is 9.62. The van der Waals surface area contributed by atoms with Gasteiger partial charge in [-0.1, -0.05) is 6.07 Å². The Balaban J connectivity index is 1.76. The Labute approximate surface area is 144 Å². The maximum absolute atomic E-state index is 8.89. The Hall–Kier alpha value is -3.72. The van der Waals surface area contributed by atoms with E-state index in [9.17, 15) is 0 Å². The van der Waals surface area contributed by atoms with Crippen LogP contribution >= 0.6 is 0 Å². The molecule has 25 heavy (non-hydrogen) atoms. The molecule has 0 radical (unpaired) electrons. The third-order valence-corrected chi connectivity index (χ3v) is 3.58. The fourth-order valence-corrected chi connectivity index (χ4v) is 2.39. The number of nitriles is 2. The van der Waals surface area contributed by atoms with Crippen LogP contribution in [0.25, 0.3) is 0 Å². The number of aromatic nitrogens is 2. The first-order chi connectivity index (χ1) is 12.2. The van der Waals surface area contributed by atoms with E-state index in [2.05, 4.69) is 15.3 Å². The van der Waals surface area contributed by atoms with E-state index in [1.807, 2.05) is 30.3 Å². The minimum atomic E-state index is 0.0103. The Morgan fingerprint density at radius 3 is 2.68 bits per heavy atom. The average molecular weight is 337 g/mol. The van der Waals surface area contributed by atoms with Crippen molar-refractivity contribution in [2.75, 3.05) is 35.8 Å². The summed E-state index contributed by atoms with van der Waals surface area (Å²) < 4.78 is 10.6. The van der Waals surface area contributed by atoms with Crippen molar-refractivity contribution >= 4 is 17.3 Å². The molecule has 0 amide bonds. The molecule has 1 aliphatic heterocycles. The molecule has 9 heteroatoms. The van der Waals surface area contributed by atoms with E-state index in [1.54, 1.807) is 0 Å². The number of nitrogens with zero attached hydrogens (tertiary/aromatic N) is 5. The zero-order chi connectivity index (χ0) is 17.6. The molecule has 0 unspecified atom stereocenters. The molecule has 0 saturated heterocycles. The fourth-order valence-electron chi connectivity index (χ4n) is 2.39. The van der Waals surface area contributed by atoms with Gasteiger partial charge in [-0.3, -0.25) is 0 Å². The maximum atomic E-state index is 8.89. The number of hydrogen-bond donors (Lipinski definition) is 2. The molecule has 0 spiro atoms. The lowest BCUT2D eigenvalue weighted by Gasteiger charge is -2.20. The van der Waals surface area contributed by atoms with Crippen LogP contribution in [0, 0.1) is 22.7 Å². The van der Waals surface area contributed by atoms with Gasteiger partial charge in [-0.05, 0) is 17.7 Å². The standard InChI is InChI=1S/C16H15N7O2/c17-3-5-23(6-4-18)16-14(19)15(21-9-22-16)20-8-11-1-2-12-13(7-11)25-10-24-12/h1-2,7,9H,5-6,8,10,19H2,(H,20,21,22). The Bertz CT molecular complexity index is 841. The van der Waals surface area contributed by atoms with Crippen LogP contribution in [0.2, 0.25) is 0 Å². The van der Waals surface area contributed by atoms with Crippen molar-refractivity contribution in [2.45, 2.75) is 6.54 Å². The molecular formula is C16H15N7O2. The molecule has 3 rings (SSSR count). The van der Waals surface area contributed by atoms with Crippen molar-refractivity contribution in [3.8, 4) is 23.6 Å². The van der Waals surface area contributed by atoms with E-state index in [4.69, 9.17) is 25.7 Å². The lowest BCUT2D eigenvalue weighted by atomic mass is 10.2. The second-order valence-corrected chi connectivity index (χ2v) is 5.17. The van der Waals surface area contributed by atoms with Crippen molar-refractivity contribution in [1.82, 2.24) is 9.97 Å². The number of nitrogens with one attached hydrogen (secondary N) is 1. The molecule has 1 aromatic carbocycles. The summed E-state index contributed by atoms with van der Waals surface area (Å²) in [5.41, 5.74) is 7.36. The number of rotatable bonds is 6. The first-order valence-electron chi connectivity index (χ1n) is 7.44. The summed E-state index contributed by atoms with van der Waals surface area (Å²) in [6.07, 6.45) is 1.34. The van der Waals surface area contributed by atoms with Gasteiger partial charge >= 0.3 is 0 Å². The number of fused-ring (bicyclic) bond motifs is 1. The average Bonchev–Trinajstić information content (AvgIpc) is 3.08. The van der Waals surface area contributed by atoms with E-state index in [-0.39, 0.29) is 25.6 Å². The smallest absolute Gasteiger partial charge is 0.231 e. The van der Waals surface area contributed by atoms with Crippen LogP contribution < -0.4 is 25.4 Å². The summed E-state index contributed by atoms with van der Waals surface area (Å²) in [7, 11) is 0. The van der Waals surface area contributed by atoms with Crippen LogP contribution in [0.15, 0.2) is 24.5 Å². The second-order valence-electron chi connectivity index (χ2n) is 5.17. The quantitative estimate of drug-likeness (QED) is 0.747. The predicted molar refractivity (Wildman–Crippen MR) is 89.8 cm³/mol. The van der Waals surface area contributed by atoms with Crippen molar-refractivity contribution in [1.29, 1.82) is 10.5 Å². The highest BCUT2D eigenvalue weighted by molar-refractivity contribution is 5.75. The third kappa shape index (κ3) is 3.46. The SMILES string of the molecule is N#CCN(CC#N)c1ncnc(NCc2ccc3c(c2)OCO3)c1N. The van der Waals surface area contributed by atoms with Gasteiger partial charge in [0.2, 0.25) is 6.79 Å². The second kappa shape index (κ2) is 7.23. The topological polar surface area (TPSA) is 133 Å². The lowest BCUT2D eigenvalue weighted by Crippen LogP contribution is -2.26. The van der Waals surface area contributed by atoms with Crippen LogP contribution in [0.1, 0.15) is 5.56 Å². The van der Waals surface area contributed by atoms with Gasteiger partial charge in [-0.25, -0.2) is 9.97 Å². The summed E-state index contributed by atoms with van der Waals surface area (Å²) in [5.74, 6) is 2.20. The van der Waals surface area contributed by atoms with E-state index in [0.717, 1.165) is 11.3 Å². The molecule has 0 fully saturated rings. The Kier molecular flexibility index (Phi) is 4.67. The van der Waals surface area contributed by atoms with Crippen LogP contribution in [-0.2, 0) is 6.54 Å². The highest BCUT2D eigenvalue weighted by Crippen LogP contribution is 2.33. The molecule has 9 nitrogen and oxygen atoms in total. The molecule has 126 valence electrons. The Morgan fingerprint density at radius 2 is 1.92 bits per heavy atom.